The fourth-order valence-electron chi connectivity index (χ4n) is 2.00. The van der Waals surface area contributed by atoms with Gasteiger partial charge in [-0.3, -0.25) is 4.79 Å². The first-order valence-corrected chi connectivity index (χ1v) is 5.37. The summed E-state index contributed by atoms with van der Waals surface area (Å²) in [6.45, 7) is 8.88. The number of allylic oxidation sites excluding steroid dienone is 2. The second-order valence-corrected chi connectivity index (χ2v) is 5.45. The van der Waals surface area contributed by atoms with Gasteiger partial charge in [0.2, 0.25) is 0 Å². The lowest BCUT2D eigenvalue weighted by Crippen LogP contribution is -2.29. The Balaban J connectivity index is 2.38. The third-order valence-corrected chi connectivity index (χ3v) is 2.33. The fourth-order valence-corrected chi connectivity index (χ4v) is 2.00. The summed E-state index contributed by atoms with van der Waals surface area (Å²) >= 11 is 0. The van der Waals surface area contributed by atoms with E-state index in [0.29, 0.717) is 17.9 Å². The van der Waals surface area contributed by atoms with Gasteiger partial charge in [0.15, 0.2) is 5.78 Å². The van der Waals surface area contributed by atoms with Gasteiger partial charge in [0, 0.05) is 24.2 Å². The maximum absolute atomic E-state index is 11.0. The molecule has 1 aliphatic carbocycles. The van der Waals surface area contributed by atoms with E-state index in [1.165, 1.54) is 0 Å². The minimum absolute atomic E-state index is 0.260. The topological polar surface area (TPSA) is 29.1 Å². The highest BCUT2D eigenvalue weighted by Crippen LogP contribution is 2.22. The second-order valence-electron chi connectivity index (χ2n) is 5.45. The van der Waals surface area contributed by atoms with Gasteiger partial charge in [0.1, 0.15) is 0 Å². The molecule has 80 valence electrons. The molecule has 0 heterocycles. The predicted molar refractivity (Wildman–Crippen MR) is 59.0 cm³/mol. The Hall–Kier alpha value is -0.790. The highest BCUT2D eigenvalue weighted by Gasteiger charge is 2.18. The van der Waals surface area contributed by atoms with Gasteiger partial charge in [-0.25, -0.2) is 0 Å². The molecule has 0 radical (unpaired) electrons. The Kier molecular flexibility index (Phi) is 3.35. The van der Waals surface area contributed by atoms with Crippen LogP contribution in [0.15, 0.2) is 11.8 Å². The van der Waals surface area contributed by atoms with E-state index in [1.54, 1.807) is 6.08 Å². The van der Waals surface area contributed by atoms with Crippen LogP contribution in [0.3, 0.4) is 0 Å². The maximum atomic E-state index is 11.0. The third kappa shape index (κ3) is 3.95. The summed E-state index contributed by atoms with van der Waals surface area (Å²) < 4.78 is 0. The number of hydrogen-bond donors (Lipinski definition) is 1. The van der Waals surface area contributed by atoms with Crippen molar-refractivity contribution in [2.75, 3.05) is 0 Å². The fraction of sp³-hybridized carbons (Fsp3) is 0.750. The van der Waals surface area contributed by atoms with Crippen LogP contribution in [0.1, 0.15) is 47.0 Å². The molecule has 0 aromatic rings. The smallest absolute Gasteiger partial charge is 0.157 e. The summed E-state index contributed by atoms with van der Waals surface area (Å²) in [5.41, 5.74) is 1.46. The number of nitrogens with one attached hydrogen (secondary N) is 1. The van der Waals surface area contributed by atoms with Crippen molar-refractivity contribution in [2.45, 2.75) is 53.0 Å². The van der Waals surface area contributed by atoms with Crippen LogP contribution in [-0.2, 0) is 4.79 Å². The van der Waals surface area contributed by atoms with Crippen molar-refractivity contribution in [3.05, 3.63) is 11.8 Å². The van der Waals surface area contributed by atoms with Gasteiger partial charge >= 0.3 is 0 Å². The average molecular weight is 195 g/mol. The van der Waals surface area contributed by atoms with Crippen LogP contribution in [0.4, 0.5) is 0 Å². The van der Waals surface area contributed by atoms with Crippen LogP contribution in [0.5, 0.6) is 0 Å². The number of ketones is 1. The van der Waals surface area contributed by atoms with Gasteiger partial charge in [-0.05, 0) is 25.2 Å². The van der Waals surface area contributed by atoms with Crippen LogP contribution in [-0.4, -0.2) is 11.8 Å². The third-order valence-electron chi connectivity index (χ3n) is 2.33. The van der Waals surface area contributed by atoms with E-state index >= 15 is 0 Å². The van der Waals surface area contributed by atoms with Gasteiger partial charge in [-0.1, -0.05) is 20.8 Å². The van der Waals surface area contributed by atoms with Gasteiger partial charge in [-0.2, -0.15) is 0 Å². The molecule has 0 spiro atoms. The monoisotopic (exact) mass is 195 g/mol. The highest BCUT2D eigenvalue weighted by atomic mass is 16.1. The van der Waals surface area contributed by atoms with Crippen LogP contribution in [0.2, 0.25) is 0 Å². The minimum Gasteiger partial charge on any atom is -0.386 e. The lowest BCUT2D eigenvalue weighted by atomic mass is 9.88. The molecule has 0 aromatic heterocycles. The van der Waals surface area contributed by atoms with Crippen molar-refractivity contribution in [3.63, 3.8) is 0 Å². The first-order chi connectivity index (χ1) is 6.37. The Labute approximate surface area is 86.8 Å². The molecule has 1 aliphatic rings. The molecule has 0 saturated heterocycles. The molecule has 0 aliphatic heterocycles. The van der Waals surface area contributed by atoms with E-state index < -0.39 is 0 Å². The maximum Gasteiger partial charge on any atom is 0.157 e. The normalized spacial score (nSPS) is 19.4. The van der Waals surface area contributed by atoms with Gasteiger partial charge in [-0.15, -0.1) is 0 Å². The summed E-state index contributed by atoms with van der Waals surface area (Å²) in [6.07, 6.45) is 4.45. The summed E-state index contributed by atoms with van der Waals surface area (Å²) in [7, 11) is 0. The lowest BCUT2D eigenvalue weighted by Gasteiger charge is -2.25. The van der Waals surface area contributed by atoms with Crippen molar-refractivity contribution in [1.82, 2.24) is 5.32 Å². The van der Waals surface area contributed by atoms with Crippen LogP contribution < -0.4 is 5.32 Å². The Morgan fingerprint density at radius 2 is 2.07 bits per heavy atom. The van der Waals surface area contributed by atoms with E-state index in [1.807, 2.05) is 0 Å². The number of rotatable bonds is 3. The Morgan fingerprint density at radius 1 is 1.43 bits per heavy atom. The van der Waals surface area contributed by atoms with Crippen LogP contribution in [0, 0.1) is 5.41 Å². The van der Waals surface area contributed by atoms with Gasteiger partial charge in [0.05, 0.1) is 0 Å². The average Bonchev–Trinajstić information content (AvgIpc) is 2.30. The molecule has 2 nitrogen and oxygen atoms in total. The van der Waals surface area contributed by atoms with Crippen molar-refractivity contribution in [2.24, 2.45) is 5.41 Å². The molecule has 14 heavy (non-hydrogen) atoms. The summed E-state index contributed by atoms with van der Waals surface area (Å²) in [5, 5.41) is 3.41. The Bertz CT molecular complexity index is 248. The molecule has 2 heteroatoms. The summed E-state index contributed by atoms with van der Waals surface area (Å²) in [4.78, 5) is 11.0. The van der Waals surface area contributed by atoms with Crippen LogP contribution >= 0.6 is 0 Å². The highest BCUT2D eigenvalue weighted by molar-refractivity contribution is 5.92. The number of hydrogen-bond acceptors (Lipinski definition) is 2. The van der Waals surface area contributed by atoms with Gasteiger partial charge in [0.25, 0.3) is 0 Å². The molecular formula is C12H21NO. The SMILES string of the molecule is CC(CC(C)(C)C)NC1=CC(=O)CC1. The first kappa shape index (κ1) is 11.3. The largest absolute Gasteiger partial charge is 0.386 e. The van der Waals surface area contributed by atoms with Crippen molar-refractivity contribution >= 4 is 5.78 Å². The van der Waals surface area contributed by atoms with E-state index in [4.69, 9.17) is 0 Å². The van der Waals surface area contributed by atoms with Gasteiger partial charge < -0.3 is 5.32 Å². The quantitative estimate of drug-likeness (QED) is 0.750. The zero-order valence-electron chi connectivity index (χ0n) is 9.68. The molecule has 1 unspecified atom stereocenters. The second kappa shape index (κ2) is 4.16. The zero-order chi connectivity index (χ0) is 10.8. The molecule has 0 aromatic carbocycles. The lowest BCUT2D eigenvalue weighted by molar-refractivity contribution is -0.114. The van der Waals surface area contributed by atoms with Crippen molar-refractivity contribution in [3.8, 4) is 0 Å². The number of carbonyl (C=O) groups is 1. The summed E-state index contributed by atoms with van der Waals surface area (Å²) in [5.74, 6) is 0.260. The van der Waals surface area contributed by atoms with E-state index in [-0.39, 0.29) is 5.78 Å². The number of carbonyl (C=O) groups excluding carboxylic acids is 1. The zero-order valence-corrected chi connectivity index (χ0v) is 9.68. The molecule has 1 N–H and O–H groups in total. The van der Waals surface area contributed by atoms with Crippen LogP contribution in [0.25, 0.3) is 0 Å². The molecule has 1 atom stereocenters. The molecule has 0 fully saturated rings. The molecule has 0 saturated carbocycles. The molecular weight excluding hydrogens is 174 g/mol. The van der Waals surface area contributed by atoms with E-state index in [2.05, 4.69) is 33.0 Å². The van der Waals surface area contributed by atoms with E-state index in [9.17, 15) is 4.79 Å². The predicted octanol–water partition coefficient (Wildman–Crippen LogP) is 2.65. The molecule has 1 rings (SSSR count). The summed E-state index contributed by atoms with van der Waals surface area (Å²) in [6, 6.07) is 0.451. The first-order valence-electron chi connectivity index (χ1n) is 5.37. The minimum atomic E-state index is 0.260. The molecule has 0 bridgehead atoms. The van der Waals surface area contributed by atoms with Crippen molar-refractivity contribution in [1.29, 1.82) is 0 Å². The van der Waals surface area contributed by atoms with Crippen molar-refractivity contribution < 1.29 is 4.79 Å². The Morgan fingerprint density at radius 3 is 2.50 bits per heavy atom. The standard InChI is InChI=1S/C12H21NO/c1-9(8-12(2,3)4)13-10-5-6-11(14)7-10/h7,9,13H,5-6,8H2,1-4H3. The van der Waals surface area contributed by atoms with E-state index in [0.717, 1.165) is 18.5 Å². The molecule has 0 amide bonds.